The Morgan fingerprint density at radius 3 is 2.21 bits per heavy atom. The third kappa shape index (κ3) is 3.69. The minimum atomic E-state index is -0.572. The number of rotatable bonds is 6. The molecule has 0 saturated carbocycles. The van der Waals surface area contributed by atoms with Crippen molar-refractivity contribution in [2.24, 2.45) is 11.8 Å². The van der Waals surface area contributed by atoms with Crippen molar-refractivity contribution in [3.05, 3.63) is 75.3 Å². The first-order valence-electron chi connectivity index (χ1n) is 12.0. The molecule has 0 aromatic heterocycles. The van der Waals surface area contributed by atoms with Crippen molar-refractivity contribution in [3.63, 3.8) is 0 Å². The van der Waals surface area contributed by atoms with Gasteiger partial charge in [-0.25, -0.2) is 0 Å². The average molecular weight is 520 g/mol. The highest BCUT2D eigenvalue weighted by Gasteiger charge is 2.52. The van der Waals surface area contributed by atoms with E-state index in [9.17, 15) is 20.0 Å². The van der Waals surface area contributed by atoms with Gasteiger partial charge in [-0.15, -0.1) is 0 Å². The zero-order valence-corrected chi connectivity index (χ0v) is 20.5. The maximum absolute atomic E-state index is 13.2. The number of carbonyl (C=O) groups is 1. The molecule has 0 radical (unpaired) electrons. The quantitative estimate of drug-likeness (QED) is 0.277. The number of carbonyl (C=O) groups excluding carboxylic acids is 1. The van der Waals surface area contributed by atoms with E-state index < -0.39 is 16.8 Å². The number of fused-ring (bicyclic) bond motifs is 3. The Kier molecular flexibility index (Phi) is 5.63. The Morgan fingerprint density at radius 2 is 1.61 bits per heavy atom. The highest BCUT2D eigenvalue weighted by Crippen LogP contribution is 2.56. The van der Waals surface area contributed by atoms with E-state index in [1.807, 2.05) is 12.1 Å². The maximum atomic E-state index is 13.2. The lowest BCUT2D eigenvalue weighted by atomic mass is 9.65. The molecular weight excluding hydrogens is 496 g/mol. The van der Waals surface area contributed by atoms with Crippen molar-refractivity contribution in [3.8, 4) is 28.7 Å². The van der Waals surface area contributed by atoms with Gasteiger partial charge in [0.15, 0.2) is 23.0 Å². The van der Waals surface area contributed by atoms with Gasteiger partial charge in [-0.05, 0) is 53.1 Å². The van der Waals surface area contributed by atoms with Crippen LogP contribution in [0.25, 0.3) is 0 Å². The smallest absolute Gasteiger partial charge is 0.310 e. The lowest BCUT2D eigenvalue weighted by Crippen LogP contribution is -2.37. The average Bonchev–Trinajstić information content (AvgIpc) is 3.54. The van der Waals surface area contributed by atoms with Crippen LogP contribution in [0.4, 0.5) is 11.4 Å². The third-order valence-electron chi connectivity index (χ3n) is 7.45. The Labute approximate surface area is 217 Å². The van der Waals surface area contributed by atoms with E-state index in [0.29, 0.717) is 22.7 Å². The number of phenolic OH excluding ortho intramolecular Hbond substituents is 1. The number of nitrogens with one attached hydrogen (secondary N) is 1. The zero-order valence-electron chi connectivity index (χ0n) is 20.5. The second-order valence-electron chi connectivity index (χ2n) is 9.33. The van der Waals surface area contributed by atoms with Gasteiger partial charge in [-0.2, -0.15) is 0 Å². The Hall–Kier alpha value is -4.67. The SMILES string of the molecule is COc1cc([C@H]2c3cc4c(cc3[C@@H](Nc3ccc([N+](=O)[O-])cc3)[C@H]3COC(=O)[C@@H]23)OCO4)cc(OC)c1O. The summed E-state index contributed by atoms with van der Waals surface area (Å²) in [4.78, 5) is 23.9. The summed E-state index contributed by atoms with van der Waals surface area (Å²) in [5.74, 6) is -0.204. The molecular formula is C27H24N2O9. The molecule has 2 heterocycles. The van der Waals surface area contributed by atoms with Crippen LogP contribution in [0.2, 0.25) is 0 Å². The van der Waals surface area contributed by atoms with Crippen LogP contribution in [0, 0.1) is 22.0 Å². The Morgan fingerprint density at radius 1 is 0.974 bits per heavy atom. The molecule has 0 bridgehead atoms. The van der Waals surface area contributed by atoms with E-state index >= 15 is 0 Å². The number of esters is 1. The van der Waals surface area contributed by atoms with Crippen LogP contribution in [-0.4, -0.2) is 43.6 Å². The number of hydrogen-bond acceptors (Lipinski definition) is 10. The number of methoxy groups -OCH3 is 2. The highest BCUT2D eigenvalue weighted by atomic mass is 16.7. The number of hydrogen-bond donors (Lipinski definition) is 2. The standard InChI is InChI=1S/C27H24N2O9/c1-34-21-7-13(8-22(35-2)26(21)30)23-16-9-19-20(38-12-37-19)10-17(16)25(18-11-36-27(31)24(18)23)28-14-3-5-15(6-4-14)29(32)33/h3-10,18,23-25,28,30H,11-12H2,1-2H3/t18-,23-,24+,25+/m0/s1. The van der Waals surface area contributed by atoms with Gasteiger partial charge in [0.05, 0.1) is 37.7 Å². The van der Waals surface area contributed by atoms with Crippen molar-refractivity contribution in [1.29, 1.82) is 0 Å². The molecule has 1 aliphatic carbocycles. The first-order chi connectivity index (χ1) is 18.4. The molecule has 196 valence electrons. The molecule has 11 nitrogen and oxygen atoms in total. The van der Waals surface area contributed by atoms with Crippen LogP contribution in [0.1, 0.15) is 28.7 Å². The van der Waals surface area contributed by atoms with E-state index in [1.54, 1.807) is 24.3 Å². The van der Waals surface area contributed by atoms with E-state index in [-0.39, 0.29) is 54.3 Å². The number of benzene rings is 3. The number of phenols is 1. The molecule has 1 saturated heterocycles. The fourth-order valence-corrected chi connectivity index (χ4v) is 5.70. The van der Waals surface area contributed by atoms with E-state index in [0.717, 1.165) is 11.1 Å². The van der Waals surface area contributed by atoms with Crippen molar-refractivity contribution in [1.82, 2.24) is 0 Å². The molecule has 6 rings (SSSR count). The second-order valence-corrected chi connectivity index (χ2v) is 9.33. The normalized spacial score (nSPS) is 22.7. The maximum Gasteiger partial charge on any atom is 0.310 e. The third-order valence-corrected chi connectivity index (χ3v) is 7.45. The minimum Gasteiger partial charge on any atom is -0.502 e. The van der Waals surface area contributed by atoms with Crippen molar-refractivity contribution in [2.45, 2.75) is 12.0 Å². The monoisotopic (exact) mass is 520 g/mol. The van der Waals surface area contributed by atoms with Crippen molar-refractivity contribution < 1.29 is 38.5 Å². The number of nitro benzene ring substituents is 1. The van der Waals surface area contributed by atoms with E-state index in [2.05, 4.69) is 5.32 Å². The number of cyclic esters (lactones) is 1. The number of anilines is 1. The summed E-state index contributed by atoms with van der Waals surface area (Å²) < 4.78 is 27.7. The van der Waals surface area contributed by atoms with Crippen LogP contribution < -0.4 is 24.3 Å². The summed E-state index contributed by atoms with van der Waals surface area (Å²) in [7, 11) is 2.89. The predicted molar refractivity (Wildman–Crippen MR) is 133 cm³/mol. The molecule has 4 atom stereocenters. The molecule has 11 heteroatoms. The van der Waals surface area contributed by atoms with Gasteiger partial charge in [0.2, 0.25) is 12.5 Å². The second kappa shape index (κ2) is 9.02. The summed E-state index contributed by atoms with van der Waals surface area (Å²) in [5.41, 5.74) is 3.05. The highest BCUT2D eigenvalue weighted by molar-refractivity contribution is 5.79. The van der Waals surface area contributed by atoms with Crippen molar-refractivity contribution in [2.75, 3.05) is 32.9 Å². The van der Waals surface area contributed by atoms with E-state index in [4.69, 9.17) is 23.7 Å². The zero-order chi connectivity index (χ0) is 26.6. The van der Waals surface area contributed by atoms with E-state index in [1.165, 1.54) is 26.4 Å². The minimum absolute atomic E-state index is 0.0181. The van der Waals surface area contributed by atoms with Crippen LogP contribution in [-0.2, 0) is 9.53 Å². The predicted octanol–water partition coefficient (Wildman–Crippen LogP) is 4.13. The summed E-state index contributed by atoms with van der Waals surface area (Å²) in [6.07, 6.45) is 0. The number of non-ortho nitro benzene ring substituents is 1. The number of aromatic hydroxyl groups is 1. The Bertz CT molecular complexity index is 1410. The molecule has 0 amide bonds. The van der Waals surface area contributed by atoms with Crippen LogP contribution in [0.5, 0.6) is 28.7 Å². The fraction of sp³-hybridized carbons (Fsp3) is 0.296. The molecule has 3 aliphatic rings. The van der Waals surface area contributed by atoms with Gasteiger partial charge >= 0.3 is 5.97 Å². The number of nitrogens with zero attached hydrogens (tertiary/aromatic N) is 1. The number of ether oxygens (including phenoxy) is 5. The summed E-state index contributed by atoms with van der Waals surface area (Å²) in [5, 5.41) is 25.1. The molecule has 2 N–H and O–H groups in total. The van der Waals surface area contributed by atoms with Gasteiger partial charge < -0.3 is 34.1 Å². The lowest BCUT2D eigenvalue weighted by molar-refractivity contribution is -0.384. The van der Waals surface area contributed by atoms with Gasteiger partial charge in [-0.3, -0.25) is 14.9 Å². The van der Waals surface area contributed by atoms with Gasteiger partial charge in [0, 0.05) is 29.7 Å². The summed E-state index contributed by atoms with van der Waals surface area (Å²) in [6, 6.07) is 12.9. The summed E-state index contributed by atoms with van der Waals surface area (Å²) in [6.45, 7) is 0.268. The molecule has 3 aromatic carbocycles. The molecule has 38 heavy (non-hydrogen) atoms. The molecule has 0 unspecified atom stereocenters. The number of nitro groups is 1. The molecule has 1 fully saturated rings. The lowest BCUT2D eigenvalue weighted by Gasteiger charge is -2.40. The van der Waals surface area contributed by atoms with Gasteiger partial charge in [0.25, 0.3) is 5.69 Å². The van der Waals surface area contributed by atoms with Gasteiger partial charge in [-0.1, -0.05) is 0 Å². The van der Waals surface area contributed by atoms with Crippen LogP contribution >= 0.6 is 0 Å². The topological polar surface area (TPSA) is 139 Å². The largest absolute Gasteiger partial charge is 0.502 e. The molecule has 2 aliphatic heterocycles. The molecule has 3 aromatic rings. The van der Waals surface area contributed by atoms with Crippen molar-refractivity contribution >= 4 is 17.3 Å². The van der Waals surface area contributed by atoms with Crippen LogP contribution in [0.15, 0.2) is 48.5 Å². The first kappa shape index (κ1) is 23.7. The van der Waals surface area contributed by atoms with Gasteiger partial charge in [0.1, 0.15) is 0 Å². The Balaban J connectivity index is 1.51. The van der Waals surface area contributed by atoms with Crippen LogP contribution in [0.3, 0.4) is 0 Å². The fourth-order valence-electron chi connectivity index (χ4n) is 5.70. The summed E-state index contributed by atoms with van der Waals surface area (Å²) >= 11 is 0. The molecule has 0 spiro atoms. The first-order valence-corrected chi connectivity index (χ1v) is 12.0.